The van der Waals surface area contributed by atoms with Gasteiger partial charge in [0.25, 0.3) is 0 Å². The van der Waals surface area contributed by atoms with E-state index in [1.54, 1.807) is 11.4 Å². The molecule has 21 heavy (non-hydrogen) atoms. The number of halogens is 3. The minimum atomic E-state index is -4.38. The molecule has 0 atom stereocenters. The van der Waals surface area contributed by atoms with E-state index in [9.17, 15) is 18.0 Å². The lowest BCUT2D eigenvalue weighted by Crippen LogP contribution is -2.38. The Labute approximate surface area is 123 Å². The minimum absolute atomic E-state index is 0.126. The highest BCUT2D eigenvalue weighted by Gasteiger charge is 2.30. The lowest BCUT2D eigenvalue weighted by molar-refractivity contribution is -0.147. The summed E-state index contributed by atoms with van der Waals surface area (Å²) in [5.74, 6) is -0.473. The Morgan fingerprint density at radius 3 is 2.76 bits per heavy atom. The molecule has 0 aromatic carbocycles. The standard InChI is InChI=1S/C12H14F3N3O2S/c13-12(14,15)8-18(4-5-19)3-1-10(20)17-11-9(7-16)2-6-21-11/h2,6,19H,1,3-5,8H2,(H,17,20). The van der Waals surface area contributed by atoms with E-state index in [4.69, 9.17) is 10.4 Å². The number of amides is 1. The normalized spacial score (nSPS) is 11.4. The number of carbonyl (C=O) groups excluding carboxylic acids is 1. The van der Waals surface area contributed by atoms with Gasteiger partial charge in [-0.3, -0.25) is 9.69 Å². The average molecular weight is 321 g/mol. The molecule has 0 bridgehead atoms. The third kappa shape index (κ3) is 6.57. The van der Waals surface area contributed by atoms with Crippen LogP contribution in [-0.2, 0) is 4.79 Å². The van der Waals surface area contributed by atoms with Crippen molar-refractivity contribution in [1.29, 1.82) is 5.26 Å². The quantitative estimate of drug-likeness (QED) is 0.803. The van der Waals surface area contributed by atoms with Crippen LogP contribution in [0.1, 0.15) is 12.0 Å². The molecule has 0 radical (unpaired) electrons. The number of rotatable bonds is 7. The summed E-state index contributed by atoms with van der Waals surface area (Å²) < 4.78 is 36.9. The molecule has 0 spiro atoms. The third-order valence-corrected chi connectivity index (χ3v) is 3.34. The van der Waals surface area contributed by atoms with Gasteiger partial charge in [0.2, 0.25) is 5.91 Å². The van der Waals surface area contributed by atoms with Crippen LogP contribution in [0.3, 0.4) is 0 Å². The molecular weight excluding hydrogens is 307 g/mol. The predicted molar refractivity (Wildman–Crippen MR) is 71.9 cm³/mol. The average Bonchev–Trinajstić information content (AvgIpc) is 2.81. The van der Waals surface area contributed by atoms with E-state index in [-0.39, 0.29) is 19.5 Å². The van der Waals surface area contributed by atoms with Gasteiger partial charge in [-0.15, -0.1) is 11.3 Å². The molecule has 0 aliphatic carbocycles. The number of aliphatic hydroxyl groups is 1. The maximum absolute atomic E-state index is 12.3. The van der Waals surface area contributed by atoms with Crippen LogP contribution in [0.5, 0.6) is 0 Å². The molecule has 1 aromatic heterocycles. The number of thiophene rings is 1. The molecule has 0 fully saturated rings. The van der Waals surface area contributed by atoms with E-state index >= 15 is 0 Å². The van der Waals surface area contributed by atoms with Crippen molar-refractivity contribution in [3.8, 4) is 6.07 Å². The van der Waals surface area contributed by atoms with Gasteiger partial charge >= 0.3 is 6.18 Å². The summed E-state index contributed by atoms with van der Waals surface area (Å²) in [5.41, 5.74) is 0.316. The van der Waals surface area contributed by atoms with Crippen molar-refractivity contribution >= 4 is 22.2 Å². The van der Waals surface area contributed by atoms with Gasteiger partial charge in [-0.2, -0.15) is 18.4 Å². The molecule has 0 unspecified atom stereocenters. The number of nitrogens with zero attached hydrogens (tertiary/aromatic N) is 2. The van der Waals surface area contributed by atoms with Crippen LogP contribution in [0.2, 0.25) is 0 Å². The first-order valence-electron chi connectivity index (χ1n) is 6.03. The van der Waals surface area contributed by atoms with E-state index in [0.29, 0.717) is 10.6 Å². The van der Waals surface area contributed by atoms with Crippen LogP contribution < -0.4 is 5.32 Å². The van der Waals surface area contributed by atoms with Crippen molar-refractivity contribution in [2.24, 2.45) is 0 Å². The van der Waals surface area contributed by atoms with Gasteiger partial charge < -0.3 is 10.4 Å². The lowest BCUT2D eigenvalue weighted by Gasteiger charge is -2.22. The van der Waals surface area contributed by atoms with E-state index in [1.165, 1.54) is 11.3 Å². The fourth-order valence-electron chi connectivity index (χ4n) is 1.61. The second kappa shape index (κ2) is 7.97. The minimum Gasteiger partial charge on any atom is -0.395 e. The fraction of sp³-hybridized carbons (Fsp3) is 0.500. The van der Waals surface area contributed by atoms with Crippen LogP contribution in [0.25, 0.3) is 0 Å². The number of anilines is 1. The highest BCUT2D eigenvalue weighted by molar-refractivity contribution is 7.14. The first-order chi connectivity index (χ1) is 9.85. The summed E-state index contributed by atoms with van der Waals surface area (Å²) in [4.78, 5) is 12.6. The summed E-state index contributed by atoms with van der Waals surface area (Å²) >= 11 is 1.17. The molecule has 1 aromatic rings. The Morgan fingerprint density at radius 2 is 2.19 bits per heavy atom. The van der Waals surface area contributed by atoms with Gasteiger partial charge in [-0.25, -0.2) is 0 Å². The van der Waals surface area contributed by atoms with Crippen LogP contribution in [0, 0.1) is 11.3 Å². The van der Waals surface area contributed by atoms with Gasteiger partial charge in [0.1, 0.15) is 11.1 Å². The molecule has 0 aliphatic rings. The number of nitriles is 1. The first-order valence-corrected chi connectivity index (χ1v) is 6.91. The van der Waals surface area contributed by atoms with E-state index in [2.05, 4.69) is 5.32 Å². The van der Waals surface area contributed by atoms with Crippen LogP contribution >= 0.6 is 11.3 Å². The highest BCUT2D eigenvalue weighted by atomic mass is 32.1. The Morgan fingerprint density at radius 1 is 1.48 bits per heavy atom. The fourth-order valence-corrected chi connectivity index (χ4v) is 2.36. The van der Waals surface area contributed by atoms with Gasteiger partial charge in [0.05, 0.1) is 18.7 Å². The lowest BCUT2D eigenvalue weighted by atomic mass is 10.3. The molecule has 9 heteroatoms. The van der Waals surface area contributed by atoms with Gasteiger partial charge in [0.15, 0.2) is 0 Å². The largest absolute Gasteiger partial charge is 0.401 e. The second-order valence-electron chi connectivity index (χ2n) is 4.19. The topological polar surface area (TPSA) is 76.4 Å². The molecule has 5 nitrogen and oxygen atoms in total. The van der Waals surface area contributed by atoms with Gasteiger partial charge in [0, 0.05) is 19.5 Å². The Bertz CT molecular complexity index is 511. The zero-order chi connectivity index (χ0) is 15.9. The molecule has 116 valence electrons. The molecule has 0 aliphatic heterocycles. The van der Waals surface area contributed by atoms with Crippen LogP contribution in [0.15, 0.2) is 11.4 Å². The molecule has 0 saturated carbocycles. The predicted octanol–water partition coefficient (Wildman–Crippen LogP) is 1.80. The highest BCUT2D eigenvalue weighted by Crippen LogP contribution is 2.22. The second-order valence-corrected chi connectivity index (χ2v) is 5.10. The number of alkyl halides is 3. The maximum Gasteiger partial charge on any atom is 0.401 e. The van der Waals surface area contributed by atoms with Crippen molar-refractivity contribution in [3.63, 3.8) is 0 Å². The molecule has 1 heterocycles. The summed E-state index contributed by atoms with van der Waals surface area (Å²) in [6.45, 7) is -1.88. The number of nitrogens with one attached hydrogen (secondary N) is 1. The molecular formula is C12H14F3N3O2S. The molecule has 1 amide bonds. The van der Waals surface area contributed by atoms with Crippen molar-refractivity contribution in [2.75, 3.05) is 31.6 Å². The Hall–Kier alpha value is -1.63. The van der Waals surface area contributed by atoms with E-state index < -0.39 is 25.2 Å². The summed E-state index contributed by atoms with van der Waals surface area (Å²) in [7, 11) is 0. The van der Waals surface area contributed by atoms with E-state index in [0.717, 1.165) is 4.90 Å². The molecule has 2 N–H and O–H groups in total. The smallest absolute Gasteiger partial charge is 0.395 e. The van der Waals surface area contributed by atoms with Crippen LogP contribution in [0.4, 0.5) is 18.2 Å². The zero-order valence-electron chi connectivity index (χ0n) is 11.0. The SMILES string of the molecule is N#Cc1ccsc1NC(=O)CCN(CCO)CC(F)(F)F. The van der Waals surface area contributed by atoms with Gasteiger partial charge in [-0.1, -0.05) is 0 Å². The number of hydrogen-bond donors (Lipinski definition) is 2. The third-order valence-electron chi connectivity index (χ3n) is 2.51. The molecule has 0 saturated heterocycles. The Kier molecular flexibility index (Phi) is 6.61. The summed E-state index contributed by atoms with van der Waals surface area (Å²) in [6.07, 6.45) is -4.54. The van der Waals surface area contributed by atoms with E-state index in [1.807, 2.05) is 6.07 Å². The number of aliphatic hydroxyl groups excluding tert-OH is 1. The Balaban J connectivity index is 2.48. The van der Waals surface area contributed by atoms with Crippen molar-refractivity contribution < 1.29 is 23.1 Å². The zero-order valence-corrected chi connectivity index (χ0v) is 11.8. The van der Waals surface area contributed by atoms with Gasteiger partial charge in [-0.05, 0) is 11.4 Å². The van der Waals surface area contributed by atoms with Crippen molar-refractivity contribution in [1.82, 2.24) is 4.90 Å². The van der Waals surface area contributed by atoms with Crippen LogP contribution in [-0.4, -0.2) is 48.3 Å². The van der Waals surface area contributed by atoms with Crippen molar-refractivity contribution in [2.45, 2.75) is 12.6 Å². The molecule has 1 rings (SSSR count). The monoisotopic (exact) mass is 321 g/mol. The summed E-state index contributed by atoms with van der Waals surface area (Å²) in [6, 6.07) is 3.44. The maximum atomic E-state index is 12.3. The first kappa shape index (κ1) is 17.4. The summed E-state index contributed by atoms with van der Waals surface area (Å²) in [5, 5.41) is 22.0. The van der Waals surface area contributed by atoms with Crippen molar-refractivity contribution in [3.05, 3.63) is 17.0 Å². The number of carbonyl (C=O) groups is 1. The number of hydrogen-bond acceptors (Lipinski definition) is 5.